The van der Waals surface area contributed by atoms with Crippen LogP contribution in [0, 0.1) is 10.1 Å². The number of rotatable bonds is 4. The number of pyridine rings is 1. The molecule has 0 spiro atoms. The van der Waals surface area contributed by atoms with Crippen LogP contribution in [0.1, 0.15) is 10.4 Å². The van der Waals surface area contributed by atoms with Gasteiger partial charge in [-0.1, -0.05) is 53.3 Å². The highest BCUT2D eigenvalue weighted by Crippen LogP contribution is 2.31. The molecule has 5 aromatic rings. The number of nitro benzene ring substituents is 1. The van der Waals surface area contributed by atoms with Crippen LogP contribution in [0.15, 0.2) is 72.8 Å². The molecule has 0 saturated carbocycles. The first kappa shape index (κ1) is 20.0. The highest BCUT2D eigenvalue weighted by molar-refractivity contribution is 7.22. The first-order valence-electron chi connectivity index (χ1n) is 9.50. The van der Waals surface area contributed by atoms with Gasteiger partial charge in [0.15, 0.2) is 5.13 Å². The highest BCUT2D eigenvalue weighted by atomic mass is 35.5. The predicted octanol–water partition coefficient (Wildman–Crippen LogP) is 6.33. The molecule has 156 valence electrons. The minimum absolute atomic E-state index is 0.0215. The van der Waals surface area contributed by atoms with Crippen LogP contribution in [0.5, 0.6) is 0 Å². The van der Waals surface area contributed by atoms with Gasteiger partial charge in [0.1, 0.15) is 0 Å². The van der Waals surface area contributed by atoms with Gasteiger partial charge >= 0.3 is 0 Å². The molecule has 0 fully saturated rings. The van der Waals surface area contributed by atoms with E-state index in [0.717, 1.165) is 5.56 Å². The summed E-state index contributed by atoms with van der Waals surface area (Å²) < 4.78 is 0.621. The minimum Gasteiger partial charge on any atom is -0.298 e. The number of carbonyl (C=O) groups is 1. The van der Waals surface area contributed by atoms with E-state index in [4.69, 9.17) is 11.6 Å². The van der Waals surface area contributed by atoms with Gasteiger partial charge in [0, 0.05) is 28.1 Å². The molecule has 1 N–H and O–H groups in total. The van der Waals surface area contributed by atoms with Crippen LogP contribution in [0.25, 0.3) is 32.4 Å². The number of nitrogens with zero attached hydrogens (tertiary/aromatic N) is 3. The molecule has 0 aliphatic carbocycles. The number of halogens is 1. The van der Waals surface area contributed by atoms with Gasteiger partial charge in [-0.25, -0.2) is 9.97 Å². The van der Waals surface area contributed by atoms with Gasteiger partial charge in [-0.05, 0) is 30.3 Å². The smallest absolute Gasteiger partial charge is 0.270 e. The van der Waals surface area contributed by atoms with Crippen LogP contribution in [-0.2, 0) is 0 Å². The molecular formula is C23H13ClN4O3S. The number of non-ortho nitro benzene ring substituents is 1. The number of aromatic nitrogens is 2. The highest BCUT2D eigenvalue weighted by Gasteiger charge is 2.17. The third-order valence-electron chi connectivity index (χ3n) is 4.90. The fraction of sp³-hybridized carbons (Fsp3) is 0. The summed E-state index contributed by atoms with van der Waals surface area (Å²) in [6.07, 6.45) is 0. The van der Waals surface area contributed by atoms with E-state index in [0.29, 0.717) is 42.5 Å². The first-order chi connectivity index (χ1) is 15.5. The van der Waals surface area contributed by atoms with Gasteiger partial charge in [0.25, 0.3) is 11.6 Å². The monoisotopic (exact) mass is 460 g/mol. The Kier molecular flexibility index (Phi) is 5.01. The van der Waals surface area contributed by atoms with E-state index in [1.165, 1.54) is 23.5 Å². The Morgan fingerprint density at radius 2 is 1.75 bits per heavy atom. The molecule has 7 nitrogen and oxygen atoms in total. The van der Waals surface area contributed by atoms with E-state index in [2.05, 4.69) is 15.3 Å². The van der Waals surface area contributed by atoms with Gasteiger partial charge in [-0.2, -0.15) is 0 Å². The predicted molar refractivity (Wildman–Crippen MR) is 126 cm³/mol. The number of fused-ring (bicyclic) bond motifs is 2. The van der Waals surface area contributed by atoms with Crippen molar-refractivity contribution >= 4 is 60.8 Å². The van der Waals surface area contributed by atoms with Gasteiger partial charge < -0.3 is 0 Å². The van der Waals surface area contributed by atoms with E-state index in [1.54, 1.807) is 24.3 Å². The van der Waals surface area contributed by atoms with E-state index >= 15 is 0 Å². The quantitative estimate of drug-likeness (QED) is 0.250. The minimum atomic E-state index is -0.460. The molecule has 3 aromatic carbocycles. The van der Waals surface area contributed by atoms with Crippen LogP contribution in [0.4, 0.5) is 10.8 Å². The molecule has 0 aliphatic rings. The maximum atomic E-state index is 13.2. The zero-order valence-corrected chi connectivity index (χ0v) is 17.9. The van der Waals surface area contributed by atoms with Gasteiger partial charge in [-0.15, -0.1) is 0 Å². The SMILES string of the molecule is O=C(Nc1nc2ccc([N+](=O)[O-])cc2s1)c1cc(-c2ccc(Cl)cc2)nc2ccccc12. The molecule has 5 rings (SSSR count). The van der Waals surface area contributed by atoms with Crippen molar-refractivity contribution in [3.05, 3.63) is 93.5 Å². The lowest BCUT2D eigenvalue weighted by atomic mass is 10.0. The number of thiazole rings is 1. The maximum Gasteiger partial charge on any atom is 0.270 e. The van der Waals surface area contributed by atoms with Crippen molar-refractivity contribution in [3.63, 3.8) is 0 Å². The van der Waals surface area contributed by atoms with Crippen LogP contribution in [-0.4, -0.2) is 20.8 Å². The number of amides is 1. The fourth-order valence-corrected chi connectivity index (χ4v) is 4.40. The molecule has 0 bridgehead atoms. The summed E-state index contributed by atoms with van der Waals surface area (Å²) in [5.74, 6) is -0.340. The normalized spacial score (nSPS) is 11.0. The van der Waals surface area contributed by atoms with Crippen molar-refractivity contribution in [2.45, 2.75) is 0 Å². The largest absolute Gasteiger partial charge is 0.298 e. The summed E-state index contributed by atoms with van der Waals surface area (Å²) in [4.78, 5) is 32.8. The van der Waals surface area contributed by atoms with Gasteiger partial charge in [-0.3, -0.25) is 20.2 Å². The topological polar surface area (TPSA) is 98.0 Å². The summed E-state index contributed by atoms with van der Waals surface area (Å²) in [6.45, 7) is 0. The number of benzene rings is 3. The molecular weight excluding hydrogens is 448 g/mol. The molecule has 32 heavy (non-hydrogen) atoms. The number of hydrogen-bond donors (Lipinski definition) is 1. The van der Waals surface area contributed by atoms with Crippen molar-refractivity contribution in [2.24, 2.45) is 0 Å². The summed E-state index contributed by atoms with van der Waals surface area (Å²) in [5, 5.41) is 15.5. The molecule has 0 unspecified atom stereocenters. The Labute approximate surface area is 190 Å². The zero-order chi connectivity index (χ0) is 22.2. The Bertz CT molecular complexity index is 1520. The summed E-state index contributed by atoms with van der Waals surface area (Å²) >= 11 is 7.18. The second kappa shape index (κ2) is 7.99. The third-order valence-corrected chi connectivity index (χ3v) is 6.09. The second-order valence-corrected chi connectivity index (χ2v) is 8.43. The molecule has 2 heterocycles. The van der Waals surface area contributed by atoms with Crippen LogP contribution in [0.2, 0.25) is 5.02 Å². The average Bonchev–Trinajstić information content (AvgIpc) is 3.20. The lowest BCUT2D eigenvalue weighted by Gasteiger charge is -2.09. The van der Waals surface area contributed by atoms with Crippen molar-refractivity contribution in [1.29, 1.82) is 0 Å². The maximum absolute atomic E-state index is 13.2. The lowest BCUT2D eigenvalue weighted by molar-refractivity contribution is -0.384. The third kappa shape index (κ3) is 3.77. The summed E-state index contributed by atoms with van der Waals surface area (Å²) in [6, 6.07) is 20.8. The summed E-state index contributed by atoms with van der Waals surface area (Å²) in [7, 11) is 0. The van der Waals surface area contributed by atoms with E-state index < -0.39 is 4.92 Å². The molecule has 0 saturated heterocycles. The number of carbonyl (C=O) groups excluding carboxylic acids is 1. The number of nitrogens with one attached hydrogen (secondary N) is 1. The van der Waals surface area contributed by atoms with E-state index in [1.807, 2.05) is 36.4 Å². The molecule has 9 heteroatoms. The zero-order valence-electron chi connectivity index (χ0n) is 16.3. The molecule has 0 aliphatic heterocycles. The lowest BCUT2D eigenvalue weighted by Crippen LogP contribution is -2.13. The molecule has 1 amide bonds. The van der Waals surface area contributed by atoms with Crippen molar-refractivity contribution in [1.82, 2.24) is 9.97 Å². The number of para-hydroxylation sites is 1. The molecule has 2 aromatic heterocycles. The first-order valence-corrected chi connectivity index (χ1v) is 10.7. The number of nitro groups is 1. The fourth-order valence-electron chi connectivity index (χ4n) is 3.38. The van der Waals surface area contributed by atoms with Crippen LogP contribution >= 0.6 is 22.9 Å². The van der Waals surface area contributed by atoms with Crippen molar-refractivity contribution in [3.8, 4) is 11.3 Å². The van der Waals surface area contributed by atoms with Gasteiger partial charge in [0.2, 0.25) is 0 Å². The summed E-state index contributed by atoms with van der Waals surface area (Å²) in [5.41, 5.74) is 3.17. The Morgan fingerprint density at radius 1 is 0.969 bits per heavy atom. The molecule has 0 atom stereocenters. The van der Waals surface area contributed by atoms with Crippen molar-refractivity contribution < 1.29 is 9.72 Å². The Balaban J connectivity index is 1.54. The van der Waals surface area contributed by atoms with Crippen molar-refractivity contribution in [2.75, 3.05) is 5.32 Å². The molecule has 0 radical (unpaired) electrons. The standard InChI is InChI=1S/C23H13ClN4O3S/c24-14-7-5-13(6-8-14)20-12-17(16-3-1-2-4-18(16)25-20)22(29)27-23-26-19-10-9-15(28(30)31)11-21(19)32-23/h1-12H,(H,26,27,29). The second-order valence-electron chi connectivity index (χ2n) is 6.96. The number of hydrogen-bond acceptors (Lipinski definition) is 6. The Hall–Kier alpha value is -3.88. The Morgan fingerprint density at radius 3 is 2.53 bits per heavy atom. The average molecular weight is 461 g/mol. The van der Waals surface area contributed by atoms with E-state index in [-0.39, 0.29) is 11.6 Å². The van der Waals surface area contributed by atoms with E-state index in [9.17, 15) is 14.9 Å². The van der Waals surface area contributed by atoms with Crippen LogP contribution < -0.4 is 5.32 Å². The van der Waals surface area contributed by atoms with Gasteiger partial charge in [0.05, 0.1) is 31.9 Å². The van der Waals surface area contributed by atoms with Crippen LogP contribution in [0.3, 0.4) is 0 Å². The number of anilines is 1.